The molecule has 0 unspecified atom stereocenters. The van der Waals surface area contributed by atoms with Crippen molar-refractivity contribution >= 4 is 29.2 Å². The monoisotopic (exact) mass is 367 g/mol. The minimum Gasteiger partial charge on any atom is -0.423 e. The van der Waals surface area contributed by atoms with E-state index in [2.05, 4.69) is 24.1 Å². The van der Waals surface area contributed by atoms with Crippen molar-refractivity contribution in [3.63, 3.8) is 0 Å². The van der Waals surface area contributed by atoms with Gasteiger partial charge >= 0.3 is 5.97 Å². The summed E-state index contributed by atoms with van der Waals surface area (Å²) in [6, 6.07) is 5.01. The lowest BCUT2D eigenvalue weighted by Crippen LogP contribution is -2.43. The second-order valence-corrected chi connectivity index (χ2v) is 6.46. The van der Waals surface area contributed by atoms with Gasteiger partial charge in [0.25, 0.3) is 0 Å². The van der Waals surface area contributed by atoms with E-state index in [0.29, 0.717) is 23.0 Å². The maximum Gasteiger partial charge on any atom is 0.331 e. The van der Waals surface area contributed by atoms with Crippen molar-refractivity contribution in [3.05, 3.63) is 23.2 Å². The quantitative estimate of drug-likeness (QED) is 0.412. The number of fused-ring (bicyclic) bond motifs is 1. The lowest BCUT2D eigenvalue weighted by Gasteiger charge is -2.29. The fourth-order valence-electron chi connectivity index (χ4n) is 2.82. The molecule has 25 heavy (non-hydrogen) atoms. The molecule has 0 bridgehead atoms. The van der Waals surface area contributed by atoms with Crippen LogP contribution in [-0.4, -0.2) is 56.0 Å². The molecule has 1 aromatic rings. The molecular formula is C18H26ClN3O3. The van der Waals surface area contributed by atoms with E-state index < -0.39 is 0 Å². The molecule has 0 fully saturated rings. The first kappa shape index (κ1) is 19.5. The first-order chi connectivity index (χ1) is 12.0. The number of unbranched alkanes of at least 4 members (excludes halogenated alkanes) is 1. The highest BCUT2D eigenvalue weighted by Crippen LogP contribution is 2.34. The summed E-state index contributed by atoms with van der Waals surface area (Å²) in [5.74, 6) is -0.0435. The van der Waals surface area contributed by atoms with E-state index in [-0.39, 0.29) is 25.0 Å². The van der Waals surface area contributed by atoms with Gasteiger partial charge in [-0.05, 0) is 50.7 Å². The van der Waals surface area contributed by atoms with Crippen LogP contribution >= 0.6 is 11.6 Å². The van der Waals surface area contributed by atoms with E-state index in [9.17, 15) is 9.59 Å². The van der Waals surface area contributed by atoms with Crippen molar-refractivity contribution < 1.29 is 14.3 Å². The Hall–Kier alpha value is -1.79. The van der Waals surface area contributed by atoms with Crippen molar-refractivity contribution in [1.82, 2.24) is 10.2 Å². The Labute approximate surface area is 154 Å². The molecule has 0 spiro atoms. The summed E-state index contributed by atoms with van der Waals surface area (Å²) >= 11 is 6.01. The maximum absolute atomic E-state index is 12.2. The predicted octanol–water partition coefficient (Wildman–Crippen LogP) is 2.30. The molecule has 7 heteroatoms. The molecule has 6 nitrogen and oxygen atoms in total. The minimum atomic E-state index is -0.373. The second-order valence-electron chi connectivity index (χ2n) is 6.03. The Kier molecular flexibility index (Phi) is 7.52. The number of ether oxygens (including phenoxy) is 1. The fraction of sp³-hybridized carbons (Fsp3) is 0.556. The zero-order valence-corrected chi connectivity index (χ0v) is 15.6. The van der Waals surface area contributed by atoms with Crippen LogP contribution in [0.3, 0.4) is 0 Å². The maximum atomic E-state index is 12.2. The van der Waals surface area contributed by atoms with Gasteiger partial charge in [-0.2, -0.15) is 0 Å². The number of hydrogen-bond donors (Lipinski definition) is 1. The highest BCUT2D eigenvalue weighted by molar-refractivity contribution is 6.31. The number of benzene rings is 1. The standard InChI is InChI=1S/C18H26ClN3O3/c1-3-21(4-2)10-6-5-9-20-17(23)12-22-13-18(24)25-16-8-7-14(19)11-15(16)22/h7-8,11H,3-6,9-10,12-13H2,1-2H3,(H,20,23). The number of carbonyl (C=O) groups excluding carboxylic acids is 2. The van der Waals surface area contributed by atoms with Gasteiger partial charge in [-0.25, -0.2) is 4.79 Å². The predicted molar refractivity (Wildman–Crippen MR) is 99.3 cm³/mol. The molecule has 1 heterocycles. The van der Waals surface area contributed by atoms with Crippen LogP contribution in [0.25, 0.3) is 0 Å². The first-order valence-electron chi connectivity index (χ1n) is 8.77. The van der Waals surface area contributed by atoms with E-state index in [4.69, 9.17) is 16.3 Å². The highest BCUT2D eigenvalue weighted by Gasteiger charge is 2.25. The van der Waals surface area contributed by atoms with E-state index in [0.717, 1.165) is 32.5 Å². The lowest BCUT2D eigenvalue weighted by molar-refractivity contribution is -0.133. The Morgan fingerprint density at radius 3 is 2.80 bits per heavy atom. The van der Waals surface area contributed by atoms with Gasteiger partial charge in [-0.3, -0.25) is 4.79 Å². The fourth-order valence-corrected chi connectivity index (χ4v) is 2.98. The van der Waals surface area contributed by atoms with Crippen molar-refractivity contribution in [3.8, 4) is 5.75 Å². The van der Waals surface area contributed by atoms with Crippen molar-refractivity contribution in [2.75, 3.05) is 44.2 Å². The van der Waals surface area contributed by atoms with Crippen LogP contribution in [0.5, 0.6) is 5.75 Å². The molecule has 1 aromatic carbocycles. The van der Waals surface area contributed by atoms with Crippen molar-refractivity contribution in [1.29, 1.82) is 0 Å². The molecule has 138 valence electrons. The third kappa shape index (κ3) is 5.90. The Morgan fingerprint density at radius 2 is 2.08 bits per heavy atom. The number of halogens is 1. The normalized spacial score (nSPS) is 13.6. The van der Waals surface area contributed by atoms with Gasteiger partial charge in [0, 0.05) is 11.6 Å². The van der Waals surface area contributed by atoms with Gasteiger partial charge in [-0.1, -0.05) is 25.4 Å². The number of hydrogen-bond acceptors (Lipinski definition) is 5. The third-order valence-corrected chi connectivity index (χ3v) is 4.49. The van der Waals surface area contributed by atoms with Crippen LogP contribution in [0.1, 0.15) is 26.7 Å². The van der Waals surface area contributed by atoms with E-state index >= 15 is 0 Å². The number of carbonyl (C=O) groups is 2. The van der Waals surface area contributed by atoms with Crippen LogP contribution < -0.4 is 15.0 Å². The number of esters is 1. The summed E-state index contributed by atoms with van der Waals surface area (Å²) in [5.41, 5.74) is 0.670. The Bertz CT molecular complexity index is 605. The molecule has 0 radical (unpaired) electrons. The van der Waals surface area contributed by atoms with Gasteiger partial charge < -0.3 is 19.9 Å². The number of nitrogens with zero attached hydrogens (tertiary/aromatic N) is 2. The van der Waals surface area contributed by atoms with Gasteiger partial charge in [-0.15, -0.1) is 0 Å². The van der Waals surface area contributed by atoms with Crippen molar-refractivity contribution in [2.45, 2.75) is 26.7 Å². The largest absolute Gasteiger partial charge is 0.423 e. The number of anilines is 1. The van der Waals surface area contributed by atoms with E-state index in [1.165, 1.54) is 0 Å². The van der Waals surface area contributed by atoms with Gasteiger partial charge in [0.05, 0.1) is 12.2 Å². The molecule has 1 aliphatic heterocycles. The third-order valence-electron chi connectivity index (χ3n) is 4.26. The van der Waals surface area contributed by atoms with Gasteiger partial charge in [0.2, 0.25) is 5.91 Å². The van der Waals surface area contributed by atoms with E-state index in [1.54, 1.807) is 23.1 Å². The second kappa shape index (κ2) is 9.63. The molecular weight excluding hydrogens is 342 g/mol. The van der Waals surface area contributed by atoms with Crippen LogP contribution in [0, 0.1) is 0 Å². The lowest BCUT2D eigenvalue weighted by atomic mass is 10.2. The summed E-state index contributed by atoms with van der Waals surface area (Å²) < 4.78 is 5.18. The number of amides is 1. The SMILES string of the molecule is CCN(CC)CCCCNC(=O)CN1CC(=O)Oc2ccc(Cl)cc21. The van der Waals surface area contributed by atoms with Gasteiger partial charge in [0.15, 0.2) is 5.75 Å². The average molecular weight is 368 g/mol. The molecule has 0 saturated carbocycles. The summed E-state index contributed by atoms with van der Waals surface area (Å²) in [5, 5.41) is 3.46. The molecule has 1 amide bonds. The summed E-state index contributed by atoms with van der Waals surface area (Å²) in [7, 11) is 0. The van der Waals surface area contributed by atoms with Crippen LogP contribution in [0.15, 0.2) is 18.2 Å². The minimum absolute atomic E-state index is 0.0444. The summed E-state index contributed by atoms with van der Waals surface area (Å²) in [6.07, 6.45) is 1.99. The van der Waals surface area contributed by atoms with E-state index in [1.807, 2.05) is 0 Å². The molecule has 1 aliphatic rings. The zero-order chi connectivity index (χ0) is 18.2. The van der Waals surface area contributed by atoms with Crippen LogP contribution in [-0.2, 0) is 9.59 Å². The molecule has 1 N–H and O–H groups in total. The summed E-state index contributed by atoms with van der Waals surface area (Å²) in [4.78, 5) is 27.9. The summed E-state index contributed by atoms with van der Waals surface area (Å²) in [6.45, 7) is 8.25. The average Bonchev–Trinajstić information content (AvgIpc) is 2.58. The molecule has 2 rings (SSSR count). The number of rotatable bonds is 9. The Morgan fingerprint density at radius 1 is 1.32 bits per heavy atom. The molecule has 0 saturated heterocycles. The topological polar surface area (TPSA) is 61.9 Å². The Balaban J connectivity index is 1.79. The van der Waals surface area contributed by atoms with Crippen molar-refractivity contribution in [2.24, 2.45) is 0 Å². The highest BCUT2D eigenvalue weighted by atomic mass is 35.5. The van der Waals surface area contributed by atoms with Gasteiger partial charge in [0.1, 0.15) is 6.54 Å². The molecule has 0 aliphatic carbocycles. The van der Waals surface area contributed by atoms with Crippen LogP contribution in [0.4, 0.5) is 5.69 Å². The molecule has 0 aromatic heterocycles. The number of nitrogens with one attached hydrogen (secondary N) is 1. The first-order valence-corrected chi connectivity index (χ1v) is 9.15. The smallest absolute Gasteiger partial charge is 0.331 e. The zero-order valence-electron chi connectivity index (χ0n) is 14.9. The van der Waals surface area contributed by atoms with Crippen LogP contribution in [0.2, 0.25) is 5.02 Å². The molecule has 0 atom stereocenters.